The maximum Gasteiger partial charge on any atom is 0.328 e. The molecule has 1 fully saturated rings. The topological polar surface area (TPSA) is 113 Å². The van der Waals surface area contributed by atoms with Crippen molar-refractivity contribution in [2.24, 2.45) is 0 Å². The van der Waals surface area contributed by atoms with Crippen molar-refractivity contribution >= 4 is 46.8 Å². The summed E-state index contributed by atoms with van der Waals surface area (Å²) >= 11 is 1.28. The van der Waals surface area contributed by atoms with Crippen molar-refractivity contribution in [3.8, 4) is 5.75 Å². The van der Waals surface area contributed by atoms with E-state index in [0.717, 1.165) is 29.9 Å². The smallest absolute Gasteiger partial charge is 0.328 e. The molecule has 33 heavy (non-hydrogen) atoms. The lowest BCUT2D eigenvalue weighted by atomic mass is 10.2. The van der Waals surface area contributed by atoms with Crippen molar-refractivity contribution in [3.63, 3.8) is 0 Å². The highest BCUT2D eigenvalue weighted by Crippen LogP contribution is 2.34. The predicted octanol–water partition coefficient (Wildman–Crippen LogP) is 3.87. The maximum atomic E-state index is 12.9. The van der Waals surface area contributed by atoms with Gasteiger partial charge < -0.3 is 15.2 Å². The van der Waals surface area contributed by atoms with Gasteiger partial charge in [-0.3, -0.25) is 14.4 Å². The molecule has 1 atom stereocenters. The number of carbonyl (C=O) groups excluding carboxylic acids is 3. The third-order valence-corrected chi connectivity index (χ3v) is 5.94. The van der Waals surface area contributed by atoms with Crippen LogP contribution in [0.25, 0.3) is 0 Å². The minimum absolute atomic E-state index is 0.0940. The fourth-order valence-corrected chi connectivity index (χ4v) is 4.16. The molecule has 1 aliphatic rings. The minimum Gasteiger partial charge on any atom is -0.494 e. The fourth-order valence-electron chi connectivity index (χ4n) is 3.11. The molecular formula is C24H24N2O6S. The molecule has 0 aromatic heterocycles. The number of carboxylic acids is 1. The van der Waals surface area contributed by atoms with Gasteiger partial charge in [-0.05, 0) is 55.0 Å². The van der Waals surface area contributed by atoms with E-state index in [-0.39, 0.29) is 18.2 Å². The Morgan fingerprint density at radius 3 is 2.45 bits per heavy atom. The van der Waals surface area contributed by atoms with Crippen LogP contribution in [0.2, 0.25) is 0 Å². The van der Waals surface area contributed by atoms with E-state index in [1.165, 1.54) is 16.7 Å². The number of amides is 3. The number of thioether (sulfide) groups is 1. The zero-order chi connectivity index (χ0) is 23.8. The highest BCUT2D eigenvalue weighted by atomic mass is 32.2. The fraction of sp³-hybridized carbons (Fsp3) is 0.250. The minimum atomic E-state index is -1.21. The van der Waals surface area contributed by atoms with Crippen LogP contribution in [0.3, 0.4) is 0 Å². The molecule has 0 spiro atoms. The van der Waals surface area contributed by atoms with E-state index < -0.39 is 17.1 Å². The van der Waals surface area contributed by atoms with Gasteiger partial charge >= 0.3 is 5.97 Å². The number of anilines is 2. The van der Waals surface area contributed by atoms with E-state index in [0.29, 0.717) is 23.7 Å². The van der Waals surface area contributed by atoms with E-state index >= 15 is 0 Å². The second kappa shape index (κ2) is 11.3. The summed E-state index contributed by atoms with van der Waals surface area (Å²) in [5.74, 6) is -1.61. The number of nitrogens with one attached hydrogen (secondary N) is 1. The molecule has 172 valence electrons. The third kappa shape index (κ3) is 6.69. The molecule has 0 bridgehead atoms. The molecule has 2 aromatic carbocycles. The van der Waals surface area contributed by atoms with Crippen LogP contribution in [0.4, 0.5) is 11.4 Å². The Morgan fingerprint density at radius 1 is 1.12 bits per heavy atom. The van der Waals surface area contributed by atoms with Gasteiger partial charge in [0.1, 0.15) is 5.75 Å². The van der Waals surface area contributed by atoms with Crippen LogP contribution >= 0.6 is 11.8 Å². The van der Waals surface area contributed by atoms with Crippen molar-refractivity contribution in [1.29, 1.82) is 0 Å². The highest BCUT2D eigenvalue weighted by Gasteiger charge is 2.40. The van der Waals surface area contributed by atoms with Crippen molar-refractivity contribution in [2.45, 2.75) is 36.3 Å². The van der Waals surface area contributed by atoms with Gasteiger partial charge in [-0.15, -0.1) is 11.8 Å². The van der Waals surface area contributed by atoms with Crippen LogP contribution in [0, 0.1) is 0 Å². The Hall–Kier alpha value is -3.59. The van der Waals surface area contributed by atoms with Crippen LogP contribution in [0.1, 0.15) is 26.2 Å². The van der Waals surface area contributed by atoms with Crippen molar-refractivity contribution < 1.29 is 29.0 Å². The summed E-state index contributed by atoms with van der Waals surface area (Å²) in [6, 6.07) is 13.7. The zero-order valence-corrected chi connectivity index (χ0v) is 18.8. The molecule has 3 amide bonds. The number of unbranched alkanes of at least 4 members (excludes halogenated alkanes) is 1. The van der Waals surface area contributed by atoms with Crippen molar-refractivity contribution in [3.05, 3.63) is 60.7 Å². The summed E-state index contributed by atoms with van der Waals surface area (Å²) in [5, 5.41) is 10.6. The molecule has 9 heteroatoms. The van der Waals surface area contributed by atoms with Gasteiger partial charge in [-0.2, -0.15) is 0 Å². The Kier molecular flexibility index (Phi) is 8.26. The number of carbonyl (C=O) groups is 4. The van der Waals surface area contributed by atoms with Gasteiger partial charge in [0.2, 0.25) is 17.7 Å². The van der Waals surface area contributed by atoms with E-state index in [1.807, 2.05) is 0 Å². The molecule has 8 nitrogen and oxygen atoms in total. The number of benzene rings is 2. The lowest BCUT2D eigenvalue weighted by molar-refractivity contribution is -0.131. The van der Waals surface area contributed by atoms with E-state index in [4.69, 9.17) is 9.84 Å². The first-order valence-corrected chi connectivity index (χ1v) is 11.3. The number of hydrogen-bond acceptors (Lipinski definition) is 6. The lowest BCUT2D eigenvalue weighted by Crippen LogP contribution is -2.31. The van der Waals surface area contributed by atoms with Crippen LogP contribution in [-0.2, 0) is 19.2 Å². The molecule has 1 aliphatic heterocycles. The van der Waals surface area contributed by atoms with Gasteiger partial charge in [0, 0.05) is 29.2 Å². The standard InChI is InChI=1S/C24H24N2O6S/c1-2-3-14-32-18-8-6-17(7-9-18)26-22(28)15-20(24(26)31)33-19-10-4-16(5-11-19)25-21(27)12-13-23(29)30/h4-13,20H,2-3,14-15H2,1H3,(H,25,27)(H,29,30)/b13-12+. The summed E-state index contributed by atoms with van der Waals surface area (Å²) in [6.07, 6.45) is 3.76. The van der Waals surface area contributed by atoms with Crippen LogP contribution < -0.4 is 15.0 Å². The second-order valence-corrected chi connectivity index (χ2v) is 8.54. The summed E-state index contributed by atoms with van der Waals surface area (Å²) in [7, 11) is 0. The van der Waals surface area contributed by atoms with Crippen LogP contribution in [0.5, 0.6) is 5.75 Å². The quantitative estimate of drug-likeness (QED) is 0.309. The number of hydrogen-bond donors (Lipinski definition) is 2. The lowest BCUT2D eigenvalue weighted by Gasteiger charge is -2.15. The molecule has 1 saturated heterocycles. The Morgan fingerprint density at radius 2 is 1.82 bits per heavy atom. The SMILES string of the molecule is CCCCOc1ccc(N2C(=O)CC(Sc3ccc(NC(=O)/C=C/C(=O)O)cc3)C2=O)cc1. The van der Waals surface area contributed by atoms with E-state index in [1.54, 1.807) is 48.5 Å². The number of ether oxygens (including phenoxy) is 1. The summed E-state index contributed by atoms with van der Waals surface area (Å²) in [5.41, 5.74) is 1.000. The third-order valence-electron chi connectivity index (χ3n) is 4.74. The Labute approximate surface area is 195 Å². The first kappa shape index (κ1) is 24.1. The number of carboxylic acid groups (broad SMARTS) is 1. The molecular weight excluding hydrogens is 444 g/mol. The molecule has 3 rings (SSSR count). The van der Waals surface area contributed by atoms with Gasteiger partial charge in [0.15, 0.2) is 0 Å². The zero-order valence-electron chi connectivity index (χ0n) is 18.0. The van der Waals surface area contributed by atoms with Crippen molar-refractivity contribution in [1.82, 2.24) is 0 Å². The van der Waals surface area contributed by atoms with Crippen molar-refractivity contribution in [2.75, 3.05) is 16.8 Å². The molecule has 0 aliphatic carbocycles. The molecule has 1 heterocycles. The van der Waals surface area contributed by atoms with Gasteiger partial charge in [-0.25, -0.2) is 9.69 Å². The van der Waals surface area contributed by atoms with Crippen LogP contribution in [-0.4, -0.2) is 40.7 Å². The summed E-state index contributed by atoms with van der Waals surface area (Å²) in [4.78, 5) is 49.5. The largest absolute Gasteiger partial charge is 0.494 e. The number of aliphatic carboxylic acids is 1. The van der Waals surface area contributed by atoms with E-state index in [9.17, 15) is 19.2 Å². The molecule has 2 N–H and O–H groups in total. The Balaban J connectivity index is 1.59. The van der Waals surface area contributed by atoms with Gasteiger partial charge in [-0.1, -0.05) is 13.3 Å². The Bertz CT molecular complexity index is 1050. The van der Waals surface area contributed by atoms with Crippen LogP contribution in [0.15, 0.2) is 65.6 Å². The number of nitrogens with zero attached hydrogens (tertiary/aromatic N) is 1. The molecule has 0 radical (unpaired) electrons. The number of rotatable bonds is 10. The summed E-state index contributed by atoms with van der Waals surface area (Å²) in [6.45, 7) is 2.71. The number of imide groups is 1. The summed E-state index contributed by atoms with van der Waals surface area (Å²) < 4.78 is 5.63. The first-order chi connectivity index (χ1) is 15.9. The molecule has 2 aromatic rings. The van der Waals surface area contributed by atoms with Gasteiger partial charge in [0.05, 0.1) is 17.5 Å². The molecule has 1 unspecified atom stereocenters. The maximum absolute atomic E-state index is 12.9. The second-order valence-electron chi connectivity index (χ2n) is 7.26. The predicted molar refractivity (Wildman–Crippen MR) is 125 cm³/mol. The molecule has 0 saturated carbocycles. The average molecular weight is 469 g/mol. The monoisotopic (exact) mass is 468 g/mol. The highest BCUT2D eigenvalue weighted by molar-refractivity contribution is 8.00. The average Bonchev–Trinajstić information content (AvgIpc) is 3.07. The normalized spacial score (nSPS) is 15.8. The first-order valence-electron chi connectivity index (χ1n) is 10.5. The van der Waals surface area contributed by atoms with Gasteiger partial charge in [0.25, 0.3) is 0 Å². The van der Waals surface area contributed by atoms with E-state index in [2.05, 4.69) is 12.2 Å².